The predicted molar refractivity (Wildman–Crippen MR) is 102 cm³/mol. The van der Waals surface area contributed by atoms with Gasteiger partial charge in [-0.2, -0.15) is 0 Å². The maximum Gasteiger partial charge on any atom is 0.498 e. The van der Waals surface area contributed by atoms with E-state index >= 15 is 0 Å². The lowest BCUT2D eigenvalue weighted by Gasteiger charge is -2.32. The van der Waals surface area contributed by atoms with Crippen LogP contribution in [0.3, 0.4) is 0 Å². The molecule has 27 heavy (non-hydrogen) atoms. The number of hydrogen-bond donors (Lipinski definition) is 0. The molecule has 0 saturated carbocycles. The second kappa shape index (κ2) is 6.07. The zero-order valence-corrected chi connectivity index (χ0v) is 16.0. The molecule has 0 atom stereocenters. The van der Waals surface area contributed by atoms with Crippen LogP contribution in [0, 0.1) is 5.82 Å². The van der Waals surface area contributed by atoms with Gasteiger partial charge in [0.2, 0.25) is 0 Å². The Morgan fingerprint density at radius 1 is 1.04 bits per heavy atom. The van der Waals surface area contributed by atoms with Crippen molar-refractivity contribution in [1.82, 2.24) is 5.16 Å². The minimum atomic E-state index is -0.561. The summed E-state index contributed by atoms with van der Waals surface area (Å²) in [5.41, 5.74) is 1.68. The highest BCUT2D eigenvalue weighted by atomic mass is 19.1. The second-order valence-electron chi connectivity index (χ2n) is 7.69. The molecule has 1 fully saturated rings. The summed E-state index contributed by atoms with van der Waals surface area (Å²) in [6.07, 6.45) is 0. The van der Waals surface area contributed by atoms with Gasteiger partial charge in [0.05, 0.1) is 18.3 Å². The molecular weight excluding hydrogens is 348 g/mol. The Labute approximate surface area is 157 Å². The first kappa shape index (κ1) is 18.0. The zero-order valence-electron chi connectivity index (χ0n) is 16.0. The summed E-state index contributed by atoms with van der Waals surface area (Å²) in [7, 11) is 0.936. The van der Waals surface area contributed by atoms with Crippen molar-refractivity contribution in [3.8, 4) is 17.0 Å². The van der Waals surface area contributed by atoms with E-state index in [1.807, 2.05) is 45.9 Å². The number of para-hydroxylation sites is 1. The Morgan fingerprint density at radius 2 is 1.74 bits per heavy atom. The van der Waals surface area contributed by atoms with E-state index in [0.717, 1.165) is 10.8 Å². The highest BCUT2D eigenvalue weighted by Crippen LogP contribution is 2.38. The Kier molecular flexibility index (Phi) is 4.05. The molecule has 2 heterocycles. The molecule has 1 saturated heterocycles. The molecule has 0 aliphatic carbocycles. The minimum absolute atomic E-state index is 0.374. The summed E-state index contributed by atoms with van der Waals surface area (Å²) in [6, 6.07) is 10.0. The summed E-state index contributed by atoms with van der Waals surface area (Å²) in [5, 5.41) is 5.00. The smallest absolute Gasteiger partial charge is 0.496 e. The van der Waals surface area contributed by atoms with Crippen LogP contribution in [0.5, 0.6) is 5.75 Å². The molecule has 0 unspecified atom stereocenters. The standard InChI is InChI=1S/C20H21BFNO4/c1-19(2)20(3,4)27-21(26-19)15-8-6-7-14-17(23-25-18(14)15)13-10-9-12(22)11-16(13)24-5/h6-11H,1-5H3. The number of halogens is 1. The van der Waals surface area contributed by atoms with E-state index in [-0.39, 0.29) is 5.82 Å². The van der Waals surface area contributed by atoms with Gasteiger partial charge >= 0.3 is 7.12 Å². The van der Waals surface area contributed by atoms with Crippen molar-refractivity contribution in [3.63, 3.8) is 0 Å². The van der Waals surface area contributed by atoms with Gasteiger partial charge in [-0.25, -0.2) is 4.39 Å². The van der Waals surface area contributed by atoms with Crippen LogP contribution >= 0.6 is 0 Å². The number of ether oxygens (including phenoxy) is 1. The third-order valence-electron chi connectivity index (χ3n) is 5.45. The Hall–Kier alpha value is -2.38. The molecular formula is C20H21BFNO4. The Balaban J connectivity index is 1.82. The molecule has 4 rings (SSSR count). The van der Waals surface area contributed by atoms with Crippen molar-refractivity contribution in [3.05, 3.63) is 42.2 Å². The normalized spacial score (nSPS) is 18.2. The number of methoxy groups -OCH3 is 1. The molecule has 5 nitrogen and oxygen atoms in total. The minimum Gasteiger partial charge on any atom is -0.496 e. The van der Waals surface area contributed by atoms with Gasteiger partial charge in [0.1, 0.15) is 17.3 Å². The van der Waals surface area contributed by atoms with Crippen LogP contribution in [0.2, 0.25) is 0 Å². The van der Waals surface area contributed by atoms with Gasteiger partial charge in [0.15, 0.2) is 5.58 Å². The number of hydrogen-bond acceptors (Lipinski definition) is 5. The van der Waals surface area contributed by atoms with Gasteiger partial charge < -0.3 is 18.6 Å². The van der Waals surface area contributed by atoms with Gasteiger partial charge in [-0.3, -0.25) is 0 Å². The Morgan fingerprint density at radius 3 is 2.41 bits per heavy atom. The molecule has 3 aromatic rings. The quantitative estimate of drug-likeness (QED) is 0.655. The highest BCUT2D eigenvalue weighted by Gasteiger charge is 2.52. The topological polar surface area (TPSA) is 53.7 Å². The summed E-state index contributed by atoms with van der Waals surface area (Å²) in [6.45, 7) is 8.01. The number of benzene rings is 2. The van der Waals surface area contributed by atoms with Gasteiger partial charge in [-0.15, -0.1) is 0 Å². The van der Waals surface area contributed by atoms with E-state index in [1.165, 1.54) is 19.2 Å². The molecule has 0 amide bonds. The molecule has 0 spiro atoms. The Bertz CT molecular complexity index is 998. The third-order valence-corrected chi connectivity index (χ3v) is 5.45. The van der Waals surface area contributed by atoms with Crippen LogP contribution < -0.4 is 10.2 Å². The van der Waals surface area contributed by atoms with Crippen molar-refractivity contribution in [2.75, 3.05) is 7.11 Å². The average molecular weight is 369 g/mol. The molecule has 7 heteroatoms. The van der Waals surface area contributed by atoms with Gasteiger partial charge in [0.25, 0.3) is 0 Å². The number of aromatic nitrogens is 1. The van der Waals surface area contributed by atoms with E-state index in [4.69, 9.17) is 18.6 Å². The molecule has 0 radical (unpaired) electrons. The van der Waals surface area contributed by atoms with Crippen LogP contribution in [0.1, 0.15) is 27.7 Å². The second-order valence-corrected chi connectivity index (χ2v) is 7.69. The summed E-state index contributed by atoms with van der Waals surface area (Å²) < 4.78 is 36.8. The predicted octanol–water partition coefficient (Wildman–Crippen LogP) is 3.94. The van der Waals surface area contributed by atoms with E-state index in [9.17, 15) is 4.39 Å². The zero-order chi connectivity index (χ0) is 19.4. The number of nitrogens with zero attached hydrogens (tertiary/aromatic N) is 1. The molecule has 140 valence electrons. The lowest BCUT2D eigenvalue weighted by Crippen LogP contribution is -2.41. The fraction of sp³-hybridized carbons (Fsp3) is 0.350. The molecule has 1 aromatic heterocycles. The van der Waals surface area contributed by atoms with E-state index in [0.29, 0.717) is 22.6 Å². The number of rotatable bonds is 3. The van der Waals surface area contributed by atoms with Gasteiger partial charge in [0, 0.05) is 22.5 Å². The lowest BCUT2D eigenvalue weighted by molar-refractivity contribution is 0.00578. The van der Waals surface area contributed by atoms with Crippen molar-refractivity contribution in [1.29, 1.82) is 0 Å². The first-order valence-corrected chi connectivity index (χ1v) is 8.81. The van der Waals surface area contributed by atoms with Crippen molar-refractivity contribution in [2.24, 2.45) is 0 Å². The molecule has 0 bridgehead atoms. The van der Waals surface area contributed by atoms with Gasteiger partial charge in [-0.1, -0.05) is 17.3 Å². The van der Waals surface area contributed by atoms with Crippen molar-refractivity contribution < 1.29 is 23.0 Å². The van der Waals surface area contributed by atoms with Gasteiger partial charge in [-0.05, 0) is 45.9 Å². The SMILES string of the molecule is COc1cc(F)ccc1-c1noc2c(B3OC(C)(C)C(C)(C)O3)cccc12. The number of fused-ring (bicyclic) bond motifs is 1. The fourth-order valence-electron chi connectivity index (χ4n) is 3.19. The van der Waals surface area contributed by atoms with Crippen LogP contribution in [0.15, 0.2) is 40.9 Å². The summed E-state index contributed by atoms with van der Waals surface area (Å²) in [5.74, 6) is 0.0209. The monoisotopic (exact) mass is 369 g/mol. The fourth-order valence-corrected chi connectivity index (χ4v) is 3.19. The average Bonchev–Trinajstić information content (AvgIpc) is 3.12. The first-order chi connectivity index (χ1) is 12.7. The van der Waals surface area contributed by atoms with E-state index < -0.39 is 18.3 Å². The maximum atomic E-state index is 13.5. The lowest BCUT2D eigenvalue weighted by atomic mass is 9.78. The maximum absolute atomic E-state index is 13.5. The van der Waals surface area contributed by atoms with E-state index in [1.54, 1.807) is 6.07 Å². The molecule has 1 aliphatic heterocycles. The van der Waals surface area contributed by atoms with Crippen LogP contribution in [-0.4, -0.2) is 30.6 Å². The van der Waals surface area contributed by atoms with Crippen molar-refractivity contribution in [2.45, 2.75) is 38.9 Å². The van der Waals surface area contributed by atoms with E-state index in [2.05, 4.69) is 5.16 Å². The van der Waals surface area contributed by atoms with Crippen LogP contribution in [0.25, 0.3) is 22.2 Å². The first-order valence-electron chi connectivity index (χ1n) is 8.81. The molecule has 2 aromatic carbocycles. The third kappa shape index (κ3) is 2.82. The molecule has 0 N–H and O–H groups in total. The highest BCUT2D eigenvalue weighted by molar-refractivity contribution is 6.64. The summed E-state index contributed by atoms with van der Waals surface area (Å²) >= 11 is 0. The van der Waals surface area contributed by atoms with Crippen LogP contribution in [-0.2, 0) is 9.31 Å². The van der Waals surface area contributed by atoms with Crippen LogP contribution in [0.4, 0.5) is 4.39 Å². The van der Waals surface area contributed by atoms with Crippen molar-refractivity contribution >= 4 is 23.6 Å². The molecule has 1 aliphatic rings. The summed E-state index contributed by atoms with van der Waals surface area (Å²) in [4.78, 5) is 0. The largest absolute Gasteiger partial charge is 0.498 e.